The molecule has 1 saturated carbocycles. The third-order valence-electron chi connectivity index (χ3n) is 2.21. The summed E-state index contributed by atoms with van der Waals surface area (Å²) < 4.78 is 12.6. The molecule has 1 aromatic carbocycles. The van der Waals surface area contributed by atoms with Gasteiger partial charge in [-0.15, -0.1) is 0 Å². The summed E-state index contributed by atoms with van der Waals surface area (Å²) in [5.41, 5.74) is 0.661. The molecule has 1 amide bonds. The van der Waals surface area contributed by atoms with Crippen molar-refractivity contribution in [2.45, 2.75) is 18.9 Å². The topological polar surface area (TPSA) is 20.3 Å². The number of hydrogen-bond donors (Lipinski definition) is 0. The molecule has 0 unspecified atom stereocenters. The molecule has 2 nitrogen and oxygen atoms in total. The van der Waals surface area contributed by atoms with E-state index in [1.165, 1.54) is 17.0 Å². The van der Waals surface area contributed by atoms with Gasteiger partial charge < -0.3 is 0 Å². The minimum atomic E-state index is -0.501. The average Bonchev–Trinajstić information content (AvgIpc) is 2.92. The van der Waals surface area contributed by atoms with Crippen LogP contribution in [0.2, 0.25) is 0 Å². The molecule has 0 aromatic heterocycles. The SMILES string of the molecule is O=C(Cl)N(c1ccc(F)cc1)C1CC1. The number of rotatable bonds is 2. The van der Waals surface area contributed by atoms with Crippen LogP contribution >= 0.6 is 11.6 Å². The van der Waals surface area contributed by atoms with E-state index in [2.05, 4.69) is 0 Å². The van der Waals surface area contributed by atoms with Crippen LogP contribution in [-0.2, 0) is 0 Å². The molecule has 1 aliphatic carbocycles. The smallest absolute Gasteiger partial charge is 0.296 e. The van der Waals surface area contributed by atoms with Crippen LogP contribution in [0.25, 0.3) is 0 Å². The number of amides is 1. The molecule has 14 heavy (non-hydrogen) atoms. The summed E-state index contributed by atoms with van der Waals surface area (Å²) in [6, 6.07) is 5.97. The maximum Gasteiger partial charge on any atom is 0.321 e. The zero-order chi connectivity index (χ0) is 10.1. The van der Waals surface area contributed by atoms with Gasteiger partial charge >= 0.3 is 5.37 Å². The molecule has 0 bridgehead atoms. The van der Waals surface area contributed by atoms with Crippen LogP contribution in [0, 0.1) is 5.82 Å². The van der Waals surface area contributed by atoms with Gasteiger partial charge in [0.05, 0.1) is 0 Å². The molecule has 1 aliphatic rings. The number of hydrogen-bond acceptors (Lipinski definition) is 1. The number of benzene rings is 1. The molecule has 0 N–H and O–H groups in total. The van der Waals surface area contributed by atoms with Crippen molar-refractivity contribution in [2.24, 2.45) is 0 Å². The van der Waals surface area contributed by atoms with Gasteiger partial charge in [0.15, 0.2) is 0 Å². The molecule has 1 aromatic rings. The Labute approximate surface area is 86.3 Å². The van der Waals surface area contributed by atoms with Crippen molar-refractivity contribution in [2.75, 3.05) is 4.90 Å². The fraction of sp³-hybridized carbons (Fsp3) is 0.300. The average molecular weight is 214 g/mol. The van der Waals surface area contributed by atoms with Crippen LogP contribution in [0.5, 0.6) is 0 Å². The van der Waals surface area contributed by atoms with Crippen molar-refractivity contribution in [1.82, 2.24) is 0 Å². The minimum Gasteiger partial charge on any atom is -0.296 e. The van der Waals surface area contributed by atoms with Crippen molar-refractivity contribution in [3.8, 4) is 0 Å². The quantitative estimate of drug-likeness (QED) is 0.546. The van der Waals surface area contributed by atoms with Gasteiger partial charge in [0.1, 0.15) is 5.82 Å². The van der Waals surface area contributed by atoms with E-state index in [1.807, 2.05) is 0 Å². The molecule has 0 radical (unpaired) electrons. The van der Waals surface area contributed by atoms with Crippen LogP contribution in [0.4, 0.5) is 14.9 Å². The molecule has 0 spiro atoms. The molecule has 0 saturated heterocycles. The van der Waals surface area contributed by atoms with Gasteiger partial charge in [0.2, 0.25) is 0 Å². The Morgan fingerprint density at radius 1 is 1.36 bits per heavy atom. The lowest BCUT2D eigenvalue weighted by atomic mass is 10.3. The van der Waals surface area contributed by atoms with Gasteiger partial charge in [-0.2, -0.15) is 0 Å². The van der Waals surface area contributed by atoms with Crippen molar-refractivity contribution >= 4 is 22.7 Å². The maximum absolute atomic E-state index is 12.6. The van der Waals surface area contributed by atoms with Gasteiger partial charge in [-0.05, 0) is 48.7 Å². The predicted octanol–water partition coefficient (Wildman–Crippen LogP) is 3.15. The predicted molar refractivity (Wildman–Crippen MR) is 53.2 cm³/mol. The number of carbonyl (C=O) groups excluding carboxylic acids is 1. The fourth-order valence-electron chi connectivity index (χ4n) is 1.39. The van der Waals surface area contributed by atoms with E-state index in [0.717, 1.165) is 12.8 Å². The molecule has 4 heteroatoms. The Morgan fingerprint density at radius 2 is 1.93 bits per heavy atom. The molecular weight excluding hydrogens is 205 g/mol. The third kappa shape index (κ3) is 1.87. The molecule has 2 rings (SSSR count). The number of halogens is 2. The van der Waals surface area contributed by atoms with Crippen LogP contribution < -0.4 is 4.90 Å². The van der Waals surface area contributed by atoms with Gasteiger partial charge in [0, 0.05) is 11.7 Å². The first-order chi connectivity index (χ1) is 6.68. The van der Waals surface area contributed by atoms with E-state index in [-0.39, 0.29) is 11.9 Å². The summed E-state index contributed by atoms with van der Waals surface area (Å²) in [5, 5.41) is -0.501. The third-order valence-corrected chi connectivity index (χ3v) is 2.39. The van der Waals surface area contributed by atoms with E-state index in [0.29, 0.717) is 5.69 Å². The van der Waals surface area contributed by atoms with Crippen LogP contribution in [0.15, 0.2) is 24.3 Å². The Kier molecular flexibility index (Phi) is 2.42. The second-order valence-corrected chi connectivity index (χ2v) is 3.65. The summed E-state index contributed by atoms with van der Waals surface area (Å²) in [6.45, 7) is 0. The molecular formula is C10H9ClFNO. The van der Waals surface area contributed by atoms with E-state index in [4.69, 9.17) is 11.6 Å². The number of nitrogens with zero attached hydrogens (tertiary/aromatic N) is 1. The van der Waals surface area contributed by atoms with Crippen LogP contribution in [0.1, 0.15) is 12.8 Å². The molecule has 0 aliphatic heterocycles. The van der Waals surface area contributed by atoms with Gasteiger partial charge in [-0.25, -0.2) is 4.39 Å². The van der Waals surface area contributed by atoms with E-state index < -0.39 is 5.37 Å². The first kappa shape index (κ1) is 9.46. The van der Waals surface area contributed by atoms with Gasteiger partial charge in [0.25, 0.3) is 0 Å². The highest BCUT2D eigenvalue weighted by Crippen LogP contribution is 2.32. The standard InChI is InChI=1S/C10H9ClFNO/c11-10(14)13(9-5-6-9)8-3-1-7(12)2-4-8/h1-4,9H,5-6H2. The normalized spacial score (nSPS) is 15.3. The van der Waals surface area contributed by atoms with Crippen LogP contribution in [0.3, 0.4) is 0 Å². The van der Waals surface area contributed by atoms with Crippen LogP contribution in [-0.4, -0.2) is 11.4 Å². The highest BCUT2D eigenvalue weighted by molar-refractivity contribution is 6.66. The highest BCUT2D eigenvalue weighted by Gasteiger charge is 2.32. The summed E-state index contributed by atoms with van der Waals surface area (Å²) in [7, 11) is 0. The minimum absolute atomic E-state index is 0.200. The molecule has 74 valence electrons. The monoisotopic (exact) mass is 213 g/mol. The Balaban J connectivity index is 2.26. The first-order valence-electron chi connectivity index (χ1n) is 4.43. The Morgan fingerprint density at radius 3 is 2.36 bits per heavy atom. The second-order valence-electron chi connectivity index (χ2n) is 3.33. The first-order valence-corrected chi connectivity index (χ1v) is 4.80. The van der Waals surface area contributed by atoms with Crippen molar-refractivity contribution < 1.29 is 9.18 Å². The zero-order valence-corrected chi connectivity index (χ0v) is 8.17. The highest BCUT2D eigenvalue weighted by atomic mass is 35.5. The van der Waals surface area contributed by atoms with E-state index in [1.54, 1.807) is 12.1 Å². The fourth-order valence-corrected chi connectivity index (χ4v) is 1.63. The van der Waals surface area contributed by atoms with Gasteiger partial charge in [-0.1, -0.05) is 0 Å². The lowest BCUT2D eigenvalue weighted by Gasteiger charge is -2.18. The number of carbonyl (C=O) groups is 1. The van der Waals surface area contributed by atoms with Crippen molar-refractivity contribution in [3.63, 3.8) is 0 Å². The maximum atomic E-state index is 12.6. The Hall–Kier alpha value is -1.09. The van der Waals surface area contributed by atoms with E-state index >= 15 is 0 Å². The van der Waals surface area contributed by atoms with Crippen molar-refractivity contribution in [3.05, 3.63) is 30.1 Å². The summed E-state index contributed by atoms with van der Waals surface area (Å²) in [5.74, 6) is -0.313. The Bertz CT molecular complexity index is 348. The summed E-state index contributed by atoms with van der Waals surface area (Å²) in [4.78, 5) is 12.6. The number of anilines is 1. The van der Waals surface area contributed by atoms with Crippen molar-refractivity contribution in [1.29, 1.82) is 0 Å². The largest absolute Gasteiger partial charge is 0.321 e. The van der Waals surface area contributed by atoms with E-state index in [9.17, 15) is 9.18 Å². The summed E-state index contributed by atoms with van der Waals surface area (Å²) >= 11 is 5.45. The molecule has 1 fully saturated rings. The lowest BCUT2D eigenvalue weighted by molar-refractivity contribution is 0.264. The molecule has 0 atom stereocenters. The lowest BCUT2D eigenvalue weighted by Crippen LogP contribution is -2.27. The second kappa shape index (κ2) is 3.58. The van der Waals surface area contributed by atoms with Gasteiger partial charge in [-0.3, -0.25) is 9.69 Å². The zero-order valence-electron chi connectivity index (χ0n) is 7.41. The molecule has 0 heterocycles. The summed E-state index contributed by atoms with van der Waals surface area (Å²) in [6.07, 6.45) is 1.94.